The second-order valence-corrected chi connectivity index (χ2v) is 7.14. The first kappa shape index (κ1) is 13.7. The number of hydrogen-bond donors (Lipinski definition) is 1. The van der Waals surface area contributed by atoms with Crippen molar-refractivity contribution < 1.29 is 0 Å². The number of rotatable bonds is 4. The van der Waals surface area contributed by atoms with Crippen LogP contribution in [0.25, 0.3) is 11.3 Å². The van der Waals surface area contributed by atoms with Gasteiger partial charge in [-0.15, -0.1) is 0 Å². The summed E-state index contributed by atoms with van der Waals surface area (Å²) in [6, 6.07) is 7.64. The van der Waals surface area contributed by atoms with E-state index in [-0.39, 0.29) is 0 Å². The fourth-order valence-electron chi connectivity index (χ4n) is 1.45. The molecule has 2 nitrogen and oxygen atoms in total. The number of nitrogen functional groups attached to an aromatic ring is 1. The molecule has 1 aromatic heterocycles. The van der Waals surface area contributed by atoms with Crippen LogP contribution in [0.4, 0.5) is 5.00 Å². The number of anilines is 1. The summed E-state index contributed by atoms with van der Waals surface area (Å²) in [5.41, 5.74) is 7.85. The van der Waals surface area contributed by atoms with Gasteiger partial charge in [0.15, 0.2) is 4.34 Å². The van der Waals surface area contributed by atoms with Crippen LogP contribution in [0.5, 0.6) is 0 Å². The van der Waals surface area contributed by atoms with Gasteiger partial charge < -0.3 is 5.73 Å². The first-order valence-corrected chi connectivity index (χ1v) is 7.89. The zero-order valence-corrected chi connectivity index (χ0v) is 12.7. The molecule has 0 spiro atoms. The molecule has 2 N–H and O–H groups in total. The van der Waals surface area contributed by atoms with Crippen LogP contribution in [-0.4, -0.2) is 10.7 Å². The molecule has 2 aromatic rings. The molecule has 0 radical (unpaired) electrons. The van der Waals surface area contributed by atoms with Gasteiger partial charge in [0.25, 0.3) is 0 Å². The van der Waals surface area contributed by atoms with Crippen molar-refractivity contribution in [1.29, 1.82) is 0 Å². The van der Waals surface area contributed by atoms with E-state index in [4.69, 9.17) is 17.3 Å². The van der Waals surface area contributed by atoms with E-state index in [0.717, 1.165) is 26.4 Å². The Kier molecular flexibility index (Phi) is 4.54. The van der Waals surface area contributed by atoms with Crippen molar-refractivity contribution in [2.24, 2.45) is 5.92 Å². The van der Waals surface area contributed by atoms with Gasteiger partial charge in [0.05, 0.1) is 0 Å². The Labute approximate surface area is 121 Å². The van der Waals surface area contributed by atoms with Gasteiger partial charge in [-0.05, 0) is 18.1 Å². The Hall–Kier alpha value is -0.710. The Morgan fingerprint density at radius 3 is 2.89 bits per heavy atom. The van der Waals surface area contributed by atoms with Crippen molar-refractivity contribution >= 4 is 39.7 Å². The predicted molar refractivity (Wildman–Crippen MR) is 82.5 cm³/mol. The van der Waals surface area contributed by atoms with Gasteiger partial charge in [0.1, 0.15) is 10.7 Å². The van der Waals surface area contributed by atoms with E-state index < -0.39 is 0 Å². The Balaban J connectivity index is 2.24. The lowest BCUT2D eigenvalue weighted by Crippen LogP contribution is -1.89. The molecule has 0 bridgehead atoms. The molecule has 18 heavy (non-hydrogen) atoms. The monoisotopic (exact) mass is 298 g/mol. The minimum atomic E-state index is 0.648. The minimum absolute atomic E-state index is 0.648. The highest BCUT2D eigenvalue weighted by Crippen LogP contribution is 2.36. The maximum Gasteiger partial charge on any atom is 0.152 e. The predicted octanol–water partition coefficient (Wildman–Crippen LogP) is 4.79. The van der Waals surface area contributed by atoms with Crippen LogP contribution in [0.1, 0.15) is 13.8 Å². The van der Waals surface area contributed by atoms with Gasteiger partial charge in [0.2, 0.25) is 0 Å². The highest BCUT2D eigenvalue weighted by Gasteiger charge is 2.11. The molecular formula is C13H15ClN2S2. The Morgan fingerprint density at radius 2 is 2.22 bits per heavy atom. The summed E-state index contributed by atoms with van der Waals surface area (Å²) in [5.74, 6) is 1.71. The summed E-state index contributed by atoms with van der Waals surface area (Å²) in [6.45, 7) is 4.39. The van der Waals surface area contributed by atoms with Crippen molar-refractivity contribution in [3.8, 4) is 11.3 Å². The zero-order chi connectivity index (χ0) is 13.1. The summed E-state index contributed by atoms with van der Waals surface area (Å²) >= 11 is 9.29. The normalized spacial score (nSPS) is 11.1. The third kappa shape index (κ3) is 3.40. The summed E-state index contributed by atoms with van der Waals surface area (Å²) in [7, 11) is 0. The van der Waals surface area contributed by atoms with Gasteiger partial charge in [-0.1, -0.05) is 60.7 Å². The molecular weight excluding hydrogens is 284 g/mol. The van der Waals surface area contributed by atoms with Crippen LogP contribution >= 0.6 is 34.7 Å². The van der Waals surface area contributed by atoms with Crippen LogP contribution in [0.2, 0.25) is 5.02 Å². The molecule has 1 heterocycles. The van der Waals surface area contributed by atoms with Crippen LogP contribution in [-0.2, 0) is 0 Å². The molecule has 2 rings (SSSR count). The van der Waals surface area contributed by atoms with Gasteiger partial charge in [-0.25, -0.2) is 4.98 Å². The summed E-state index contributed by atoms with van der Waals surface area (Å²) in [5, 5.41) is 1.46. The highest BCUT2D eigenvalue weighted by molar-refractivity contribution is 8.01. The minimum Gasteiger partial charge on any atom is -0.389 e. The average molecular weight is 299 g/mol. The number of thioether (sulfide) groups is 1. The van der Waals surface area contributed by atoms with Gasteiger partial charge in [-0.3, -0.25) is 0 Å². The fourth-order valence-corrected chi connectivity index (χ4v) is 3.57. The van der Waals surface area contributed by atoms with Gasteiger partial charge in [-0.2, -0.15) is 0 Å². The number of benzene rings is 1. The lowest BCUT2D eigenvalue weighted by molar-refractivity contribution is 0.750. The van der Waals surface area contributed by atoms with E-state index in [0.29, 0.717) is 10.9 Å². The molecule has 0 fully saturated rings. The molecule has 0 saturated heterocycles. The molecule has 96 valence electrons. The number of hydrogen-bond acceptors (Lipinski definition) is 4. The Bertz CT molecular complexity index is 538. The largest absolute Gasteiger partial charge is 0.389 e. The molecule has 0 saturated carbocycles. The highest BCUT2D eigenvalue weighted by atomic mass is 35.5. The molecule has 0 atom stereocenters. The number of nitrogens with zero attached hydrogens (tertiary/aromatic N) is 1. The van der Waals surface area contributed by atoms with Crippen molar-refractivity contribution in [2.45, 2.75) is 18.2 Å². The van der Waals surface area contributed by atoms with Gasteiger partial charge in [0, 0.05) is 16.3 Å². The number of nitrogens with two attached hydrogens (primary N) is 1. The van der Waals surface area contributed by atoms with Gasteiger partial charge >= 0.3 is 0 Å². The maximum absolute atomic E-state index is 6.03. The van der Waals surface area contributed by atoms with E-state index in [1.807, 2.05) is 24.3 Å². The third-order valence-corrected chi connectivity index (χ3v) is 4.96. The first-order chi connectivity index (χ1) is 8.56. The van der Waals surface area contributed by atoms with Crippen LogP contribution in [0.3, 0.4) is 0 Å². The fraction of sp³-hybridized carbons (Fsp3) is 0.308. The summed E-state index contributed by atoms with van der Waals surface area (Å²) in [4.78, 5) is 4.59. The van der Waals surface area contributed by atoms with Crippen LogP contribution in [0.15, 0.2) is 28.6 Å². The molecule has 0 unspecified atom stereocenters. The smallest absolute Gasteiger partial charge is 0.152 e. The average Bonchev–Trinajstić information content (AvgIpc) is 2.68. The number of thiazole rings is 1. The summed E-state index contributed by atoms with van der Waals surface area (Å²) < 4.78 is 1.02. The lowest BCUT2D eigenvalue weighted by atomic mass is 10.2. The second kappa shape index (κ2) is 5.95. The van der Waals surface area contributed by atoms with E-state index in [2.05, 4.69) is 18.8 Å². The zero-order valence-electron chi connectivity index (χ0n) is 10.3. The standard InChI is InChI=1S/C13H15ClN2S2/c1-8(2)7-17-13-16-11(12(15)18-13)9-4-3-5-10(14)6-9/h3-6,8H,7,15H2,1-2H3. The van der Waals surface area contributed by atoms with Crippen molar-refractivity contribution in [1.82, 2.24) is 4.98 Å². The van der Waals surface area contributed by atoms with E-state index >= 15 is 0 Å². The van der Waals surface area contributed by atoms with E-state index in [1.165, 1.54) is 0 Å². The van der Waals surface area contributed by atoms with Crippen molar-refractivity contribution in [3.63, 3.8) is 0 Å². The molecule has 0 aliphatic rings. The Morgan fingerprint density at radius 1 is 1.44 bits per heavy atom. The molecule has 0 aliphatic carbocycles. The number of aromatic nitrogens is 1. The summed E-state index contributed by atoms with van der Waals surface area (Å²) in [6.07, 6.45) is 0. The topological polar surface area (TPSA) is 38.9 Å². The molecule has 5 heteroatoms. The van der Waals surface area contributed by atoms with Crippen LogP contribution in [0, 0.1) is 5.92 Å². The van der Waals surface area contributed by atoms with E-state index in [9.17, 15) is 0 Å². The first-order valence-electron chi connectivity index (χ1n) is 5.71. The van der Waals surface area contributed by atoms with Crippen LogP contribution < -0.4 is 5.73 Å². The quantitative estimate of drug-likeness (QED) is 0.825. The molecule has 1 aromatic carbocycles. The molecule has 0 amide bonds. The van der Waals surface area contributed by atoms with Crippen molar-refractivity contribution in [2.75, 3.05) is 11.5 Å². The maximum atomic E-state index is 6.03. The lowest BCUT2D eigenvalue weighted by Gasteiger charge is -2.00. The third-order valence-electron chi connectivity index (χ3n) is 2.27. The van der Waals surface area contributed by atoms with E-state index in [1.54, 1.807) is 23.1 Å². The second-order valence-electron chi connectivity index (χ2n) is 4.41. The van der Waals surface area contributed by atoms with Crippen molar-refractivity contribution in [3.05, 3.63) is 29.3 Å². The SMILES string of the molecule is CC(C)CSc1nc(-c2cccc(Cl)c2)c(N)s1. The molecule has 0 aliphatic heterocycles. The number of halogens is 1.